The van der Waals surface area contributed by atoms with Crippen molar-refractivity contribution in [1.29, 1.82) is 0 Å². The average Bonchev–Trinajstić information content (AvgIpc) is 2.82. The predicted molar refractivity (Wildman–Crippen MR) is 78.7 cm³/mol. The topological polar surface area (TPSA) is 66.0 Å². The Morgan fingerprint density at radius 1 is 1.25 bits per heavy atom. The largest absolute Gasteiger partial charge is 0.497 e. The predicted octanol–water partition coefficient (Wildman–Crippen LogP) is 2.63. The first-order chi connectivity index (χ1) is 9.70. The molecule has 0 aliphatic heterocycles. The fourth-order valence-electron chi connectivity index (χ4n) is 2.38. The molecule has 0 aliphatic carbocycles. The van der Waals surface area contributed by atoms with Crippen molar-refractivity contribution in [3.63, 3.8) is 0 Å². The Morgan fingerprint density at radius 2 is 2.10 bits per heavy atom. The fraction of sp³-hybridized carbons (Fsp3) is 0.200. The summed E-state index contributed by atoms with van der Waals surface area (Å²) in [5, 5.41) is 0. The highest BCUT2D eigenvalue weighted by atomic mass is 16.5. The Kier molecular flexibility index (Phi) is 3.02. The van der Waals surface area contributed by atoms with Gasteiger partial charge in [0.05, 0.1) is 29.9 Å². The summed E-state index contributed by atoms with van der Waals surface area (Å²) in [6.45, 7) is 2.05. The van der Waals surface area contributed by atoms with Gasteiger partial charge in [-0.2, -0.15) is 0 Å². The SMILES string of the molecule is COc1ccc2nc(N)n(C(C)c3ccccn3)c2c1. The van der Waals surface area contributed by atoms with Crippen molar-refractivity contribution in [3.05, 3.63) is 48.3 Å². The third-order valence-corrected chi connectivity index (χ3v) is 3.43. The highest BCUT2D eigenvalue weighted by molar-refractivity contribution is 5.80. The van der Waals surface area contributed by atoms with E-state index >= 15 is 0 Å². The van der Waals surface area contributed by atoms with Crippen LogP contribution in [0.3, 0.4) is 0 Å². The van der Waals surface area contributed by atoms with E-state index in [0.29, 0.717) is 5.95 Å². The number of methoxy groups -OCH3 is 1. The van der Waals surface area contributed by atoms with E-state index in [1.807, 2.05) is 41.0 Å². The smallest absolute Gasteiger partial charge is 0.201 e. The molecule has 0 saturated heterocycles. The van der Waals surface area contributed by atoms with Crippen molar-refractivity contribution >= 4 is 17.0 Å². The molecule has 0 spiro atoms. The molecule has 20 heavy (non-hydrogen) atoms. The molecule has 3 rings (SSSR count). The highest BCUT2D eigenvalue weighted by Gasteiger charge is 2.16. The third kappa shape index (κ3) is 1.97. The Hall–Kier alpha value is -2.56. The molecule has 0 bridgehead atoms. The molecule has 0 fully saturated rings. The lowest BCUT2D eigenvalue weighted by Crippen LogP contribution is -2.11. The van der Waals surface area contributed by atoms with Gasteiger partial charge in [0.25, 0.3) is 0 Å². The summed E-state index contributed by atoms with van der Waals surface area (Å²) in [5.41, 5.74) is 8.81. The number of nitrogen functional groups attached to an aromatic ring is 1. The summed E-state index contributed by atoms with van der Waals surface area (Å²) in [6.07, 6.45) is 1.78. The van der Waals surface area contributed by atoms with E-state index in [-0.39, 0.29) is 6.04 Å². The minimum absolute atomic E-state index is 0.00769. The Balaban J connectivity index is 2.17. The number of pyridine rings is 1. The number of nitrogens with two attached hydrogens (primary N) is 1. The minimum Gasteiger partial charge on any atom is -0.497 e. The van der Waals surface area contributed by atoms with E-state index in [0.717, 1.165) is 22.5 Å². The molecular formula is C15H16N4O. The number of anilines is 1. The van der Waals surface area contributed by atoms with Gasteiger partial charge in [-0.3, -0.25) is 4.98 Å². The summed E-state index contributed by atoms with van der Waals surface area (Å²) in [5.74, 6) is 1.26. The zero-order valence-corrected chi connectivity index (χ0v) is 11.4. The van der Waals surface area contributed by atoms with Gasteiger partial charge in [0.1, 0.15) is 5.75 Å². The van der Waals surface area contributed by atoms with E-state index in [1.165, 1.54) is 0 Å². The molecule has 2 heterocycles. The van der Waals surface area contributed by atoms with E-state index in [2.05, 4.69) is 16.9 Å². The normalized spacial score (nSPS) is 12.5. The van der Waals surface area contributed by atoms with Crippen LogP contribution in [0.5, 0.6) is 5.75 Å². The Bertz CT molecular complexity index is 736. The quantitative estimate of drug-likeness (QED) is 0.793. The van der Waals surface area contributed by atoms with Crippen LogP contribution in [0.1, 0.15) is 18.7 Å². The van der Waals surface area contributed by atoms with Crippen LogP contribution in [0.25, 0.3) is 11.0 Å². The van der Waals surface area contributed by atoms with Gasteiger partial charge in [-0.1, -0.05) is 6.07 Å². The fourth-order valence-corrected chi connectivity index (χ4v) is 2.38. The maximum atomic E-state index is 6.07. The number of ether oxygens (including phenoxy) is 1. The zero-order valence-electron chi connectivity index (χ0n) is 11.4. The van der Waals surface area contributed by atoms with Crippen molar-refractivity contribution < 1.29 is 4.74 Å². The van der Waals surface area contributed by atoms with Crippen LogP contribution in [0.15, 0.2) is 42.6 Å². The average molecular weight is 268 g/mol. The molecule has 0 amide bonds. The number of aromatic nitrogens is 3. The molecule has 0 aliphatic rings. The van der Waals surface area contributed by atoms with E-state index < -0.39 is 0 Å². The molecule has 0 radical (unpaired) electrons. The summed E-state index contributed by atoms with van der Waals surface area (Å²) >= 11 is 0. The summed E-state index contributed by atoms with van der Waals surface area (Å²) in [7, 11) is 1.65. The van der Waals surface area contributed by atoms with Crippen molar-refractivity contribution in [3.8, 4) is 5.75 Å². The monoisotopic (exact) mass is 268 g/mol. The van der Waals surface area contributed by atoms with E-state index in [9.17, 15) is 0 Å². The Morgan fingerprint density at radius 3 is 2.80 bits per heavy atom. The standard InChI is InChI=1S/C15H16N4O/c1-10(12-5-3-4-8-17-12)19-14-9-11(20-2)6-7-13(14)18-15(19)16/h3-10H,1-2H3,(H2,16,18). The van der Waals surface area contributed by atoms with Crippen LogP contribution in [0.2, 0.25) is 0 Å². The summed E-state index contributed by atoms with van der Waals surface area (Å²) < 4.78 is 7.25. The lowest BCUT2D eigenvalue weighted by Gasteiger charge is -2.15. The van der Waals surface area contributed by atoms with Gasteiger partial charge in [-0.15, -0.1) is 0 Å². The lowest BCUT2D eigenvalue weighted by atomic mass is 10.2. The van der Waals surface area contributed by atoms with Crippen LogP contribution in [0, 0.1) is 0 Å². The van der Waals surface area contributed by atoms with Gasteiger partial charge in [-0.05, 0) is 31.2 Å². The first kappa shape index (κ1) is 12.5. The van der Waals surface area contributed by atoms with Crippen LogP contribution in [-0.4, -0.2) is 21.6 Å². The number of hydrogen-bond donors (Lipinski definition) is 1. The van der Waals surface area contributed by atoms with Gasteiger partial charge in [0, 0.05) is 12.3 Å². The molecule has 3 aromatic rings. The molecule has 1 unspecified atom stereocenters. The Labute approximate surface area is 117 Å². The van der Waals surface area contributed by atoms with Crippen LogP contribution in [-0.2, 0) is 0 Å². The van der Waals surface area contributed by atoms with Crippen molar-refractivity contribution in [2.45, 2.75) is 13.0 Å². The summed E-state index contributed by atoms with van der Waals surface area (Å²) in [6, 6.07) is 11.6. The number of nitrogens with zero attached hydrogens (tertiary/aromatic N) is 3. The first-order valence-electron chi connectivity index (χ1n) is 6.43. The molecule has 2 N–H and O–H groups in total. The highest BCUT2D eigenvalue weighted by Crippen LogP contribution is 2.28. The minimum atomic E-state index is 0.00769. The second-order valence-electron chi connectivity index (χ2n) is 4.63. The molecule has 5 nitrogen and oxygen atoms in total. The van der Waals surface area contributed by atoms with Crippen molar-refractivity contribution in [2.24, 2.45) is 0 Å². The molecular weight excluding hydrogens is 252 g/mol. The lowest BCUT2D eigenvalue weighted by molar-refractivity contribution is 0.415. The molecule has 0 saturated carbocycles. The van der Waals surface area contributed by atoms with Crippen LogP contribution >= 0.6 is 0 Å². The van der Waals surface area contributed by atoms with Gasteiger partial charge in [-0.25, -0.2) is 4.98 Å². The van der Waals surface area contributed by atoms with Crippen LogP contribution < -0.4 is 10.5 Å². The third-order valence-electron chi connectivity index (χ3n) is 3.43. The second kappa shape index (κ2) is 4.85. The van der Waals surface area contributed by atoms with Crippen molar-refractivity contribution in [1.82, 2.24) is 14.5 Å². The van der Waals surface area contributed by atoms with Gasteiger partial charge >= 0.3 is 0 Å². The number of benzene rings is 1. The first-order valence-corrected chi connectivity index (χ1v) is 6.43. The molecule has 1 atom stereocenters. The molecule has 102 valence electrons. The van der Waals surface area contributed by atoms with Gasteiger partial charge in [0.15, 0.2) is 0 Å². The molecule has 2 aromatic heterocycles. The van der Waals surface area contributed by atoms with Gasteiger partial charge in [0.2, 0.25) is 5.95 Å². The molecule has 1 aromatic carbocycles. The van der Waals surface area contributed by atoms with Crippen LogP contribution in [0.4, 0.5) is 5.95 Å². The zero-order chi connectivity index (χ0) is 14.1. The summed E-state index contributed by atoms with van der Waals surface area (Å²) in [4.78, 5) is 8.78. The maximum absolute atomic E-state index is 6.07. The number of fused-ring (bicyclic) bond motifs is 1. The van der Waals surface area contributed by atoms with Crippen molar-refractivity contribution in [2.75, 3.05) is 12.8 Å². The van der Waals surface area contributed by atoms with E-state index in [1.54, 1.807) is 13.3 Å². The van der Waals surface area contributed by atoms with Gasteiger partial charge < -0.3 is 15.0 Å². The number of rotatable bonds is 3. The maximum Gasteiger partial charge on any atom is 0.201 e. The van der Waals surface area contributed by atoms with E-state index in [4.69, 9.17) is 10.5 Å². The number of imidazole rings is 1. The number of hydrogen-bond acceptors (Lipinski definition) is 4. The molecule has 5 heteroatoms. The second-order valence-corrected chi connectivity index (χ2v) is 4.63.